The molecule has 2 unspecified atom stereocenters. The van der Waals surface area contributed by atoms with Gasteiger partial charge in [-0.2, -0.15) is 4.98 Å². The Hall–Kier alpha value is -3.53. The van der Waals surface area contributed by atoms with E-state index < -0.39 is 0 Å². The minimum absolute atomic E-state index is 0.00395. The molecule has 0 radical (unpaired) electrons. The lowest BCUT2D eigenvalue weighted by Gasteiger charge is -2.27. The second-order valence-corrected chi connectivity index (χ2v) is 9.26. The van der Waals surface area contributed by atoms with Gasteiger partial charge in [0.1, 0.15) is 24.6 Å². The van der Waals surface area contributed by atoms with Gasteiger partial charge >= 0.3 is 6.09 Å². The molecule has 0 bridgehead atoms. The second-order valence-electron chi connectivity index (χ2n) is 9.26. The average molecular weight is 463 g/mol. The van der Waals surface area contributed by atoms with E-state index in [0.29, 0.717) is 18.4 Å². The molecule has 4 heterocycles. The van der Waals surface area contributed by atoms with Gasteiger partial charge in [-0.05, 0) is 30.0 Å². The van der Waals surface area contributed by atoms with Crippen LogP contribution in [0, 0.1) is 5.92 Å². The van der Waals surface area contributed by atoms with Crippen molar-refractivity contribution in [1.29, 1.82) is 0 Å². The van der Waals surface area contributed by atoms with Crippen molar-refractivity contribution in [3.8, 4) is 0 Å². The van der Waals surface area contributed by atoms with Crippen molar-refractivity contribution in [2.75, 3.05) is 23.4 Å². The summed E-state index contributed by atoms with van der Waals surface area (Å²) in [6, 6.07) is 10.3. The molecule has 34 heavy (non-hydrogen) atoms. The number of nitrogens with one attached hydrogen (secondary N) is 1. The van der Waals surface area contributed by atoms with E-state index in [2.05, 4.69) is 80.0 Å². The predicted molar refractivity (Wildman–Crippen MR) is 127 cm³/mol. The molecular formula is C24H30N8O2. The van der Waals surface area contributed by atoms with Gasteiger partial charge in [0.15, 0.2) is 0 Å². The Morgan fingerprint density at radius 3 is 2.76 bits per heavy atom. The van der Waals surface area contributed by atoms with Crippen LogP contribution in [0.15, 0.2) is 42.9 Å². The molecule has 10 heteroatoms. The summed E-state index contributed by atoms with van der Waals surface area (Å²) in [5.74, 6) is 2.32. The normalized spacial score (nSPS) is 19.2. The maximum absolute atomic E-state index is 12.3. The molecule has 1 amide bonds. The van der Waals surface area contributed by atoms with Crippen LogP contribution in [0.1, 0.15) is 43.8 Å². The third-order valence-electron chi connectivity index (χ3n) is 6.51. The van der Waals surface area contributed by atoms with Crippen molar-refractivity contribution in [1.82, 2.24) is 29.6 Å². The van der Waals surface area contributed by atoms with Crippen LogP contribution in [0.2, 0.25) is 0 Å². The van der Waals surface area contributed by atoms with Gasteiger partial charge in [0, 0.05) is 25.8 Å². The zero-order valence-electron chi connectivity index (χ0n) is 19.8. The summed E-state index contributed by atoms with van der Waals surface area (Å²) < 4.78 is 7.37. The first-order chi connectivity index (χ1) is 16.5. The number of carbonyl (C=O) groups excluding carboxylic acids is 1. The number of hydrogen-bond acceptors (Lipinski definition) is 8. The van der Waals surface area contributed by atoms with E-state index >= 15 is 0 Å². The number of fused-ring (bicyclic) bond motifs is 1. The number of amides is 1. The van der Waals surface area contributed by atoms with E-state index in [1.165, 1.54) is 5.56 Å². The number of nitrogens with zero attached hydrogens (tertiary/aromatic N) is 7. The van der Waals surface area contributed by atoms with E-state index in [9.17, 15) is 4.79 Å². The van der Waals surface area contributed by atoms with Gasteiger partial charge in [-0.3, -0.25) is 9.80 Å². The quantitative estimate of drug-likeness (QED) is 0.571. The van der Waals surface area contributed by atoms with Gasteiger partial charge in [0.25, 0.3) is 0 Å². The third-order valence-corrected chi connectivity index (χ3v) is 6.51. The molecule has 1 saturated heterocycles. The van der Waals surface area contributed by atoms with Crippen LogP contribution in [0.25, 0.3) is 0 Å². The van der Waals surface area contributed by atoms with Crippen molar-refractivity contribution in [2.45, 2.75) is 52.5 Å². The lowest BCUT2D eigenvalue weighted by atomic mass is 10.0. The molecule has 5 rings (SSSR count). The van der Waals surface area contributed by atoms with E-state index in [0.717, 1.165) is 37.6 Å². The standard InChI is InChI=1S/C24H30N8O2/c1-16(2)20-14-34-24(33)32(20)21-8-9-25-23(28-21)27-17(3)19-6-4-18(5-7-19)12-30-10-11-31-15-26-29-22(31)13-30/h4-9,15-17,20H,10-14H2,1-3H3,(H,25,27,28). The number of benzene rings is 1. The topological polar surface area (TPSA) is 101 Å². The van der Waals surface area contributed by atoms with Crippen LogP contribution in [0.5, 0.6) is 0 Å². The molecule has 1 fully saturated rings. The van der Waals surface area contributed by atoms with Crippen LogP contribution < -0.4 is 10.2 Å². The molecule has 178 valence electrons. The Balaban J connectivity index is 1.22. The molecule has 2 atom stereocenters. The SMILES string of the molecule is CC(Nc1nccc(N2C(=O)OCC2C(C)C)n1)c1ccc(CN2CCn3cnnc3C2)cc1. The third kappa shape index (κ3) is 4.58. The van der Waals surface area contributed by atoms with Crippen molar-refractivity contribution in [3.63, 3.8) is 0 Å². The lowest BCUT2D eigenvalue weighted by Crippen LogP contribution is -2.37. The van der Waals surface area contributed by atoms with Crippen molar-refractivity contribution in [2.24, 2.45) is 5.92 Å². The summed E-state index contributed by atoms with van der Waals surface area (Å²) in [4.78, 5) is 25.2. The smallest absolute Gasteiger partial charge is 0.415 e. The summed E-state index contributed by atoms with van der Waals surface area (Å²) in [5, 5.41) is 11.6. The Morgan fingerprint density at radius 1 is 1.15 bits per heavy atom. The molecule has 0 spiro atoms. The molecule has 2 aliphatic heterocycles. The fourth-order valence-electron chi connectivity index (χ4n) is 4.44. The zero-order chi connectivity index (χ0) is 23.7. The first-order valence-electron chi connectivity index (χ1n) is 11.7. The maximum Gasteiger partial charge on any atom is 0.415 e. The molecule has 10 nitrogen and oxygen atoms in total. The largest absolute Gasteiger partial charge is 0.447 e. The van der Waals surface area contributed by atoms with Crippen LogP contribution in [0.3, 0.4) is 0 Å². The molecule has 1 aromatic carbocycles. The molecule has 3 aromatic rings. The number of ether oxygens (including phenoxy) is 1. The van der Waals surface area contributed by atoms with Crippen LogP contribution in [-0.2, 0) is 24.4 Å². The zero-order valence-corrected chi connectivity index (χ0v) is 19.8. The van der Waals surface area contributed by atoms with Crippen LogP contribution in [-0.4, -0.2) is 54.9 Å². The van der Waals surface area contributed by atoms with Crippen molar-refractivity contribution >= 4 is 17.9 Å². The Labute approximate surface area is 199 Å². The summed E-state index contributed by atoms with van der Waals surface area (Å²) in [5.41, 5.74) is 2.39. The highest BCUT2D eigenvalue weighted by Crippen LogP contribution is 2.27. The second kappa shape index (κ2) is 9.38. The Bertz CT molecular complexity index is 1150. The van der Waals surface area contributed by atoms with Gasteiger partial charge < -0.3 is 14.6 Å². The summed E-state index contributed by atoms with van der Waals surface area (Å²) in [7, 11) is 0. The minimum atomic E-state index is -0.360. The minimum Gasteiger partial charge on any atom is -0.447 e. The number of anilines is 2. The van der Waals surface area contributed by atoms with Crippen molar-refractivity contribution < 1.29 is 9.53 Å². The number of rotatable bonds is 7. The number of aromatic nitrogens is 5. The van der Waals surface area contributed by atoms with Gasteiger partial charge in [-0.15, -0.1) is 10.2 Å². The fourth-order valence-corrected chi connectivity index (χ4v) is 4.44. The van der Waals surface area contributed by atoms with E-state index in [1.54, 1.807) is 23.5 Å². The average Bonchev–Trinajstić information content (AvgIpc) is 3.46. The van der Waals surface area contributed by atoms with Crippen molar-refractivity contribution in [3.05, 3.63) is 59.8 Å². The van der Waals surface area contributed by atoms with Gasteiger partial charge in [0.05, 0.1) is 18.6 Å². The number of hydrogen-bond donors (Lipinski definition) is 1. The predicted octanol–water partition coefficient (Wildman–Crippen LogP) is 3.24. The van der Waals surface area contributed by atoms with Crippen LogP contribution >= 0.6 is 0 Å². The molecule has 0 aliphatic carbocycles. The maximum atomic E-state index is 12.3. The highest BCUT2D eigenvalue weighted by Gasteiger charge is 2.37. The Morgan fingerprint density at radius 2 is 1.97 bits per heavy atom. The Kier molecular flexibility index (Phi) is 6.14. The van der Waals surface area contributed by atoms with E-state index in [-0.39, 0.29) is 24.1 Å². The van der Waals surface area contributed by atoms with E-state index in [4.69, 9.17) is 4.74 Å². The fraction of sp³-hybridized carbons (Fsp3) is 0.458. The highest BCUT2D eigenvalue weighted by molar-refractivity contribution is 5.89. The monoisotopic (exact) mass is 462 g/mol. The molecule has 0 saturated carbocycles. The van der Waals surface area contributed by atoms with Gasteiger partial charge in [0.2, 0.25) is 5.95 Å². The highest BCUT2D eigenvalue weighted by atomic mass is 16.6. The summed E-state index contributed by atoms with van der Waals surface area (Å²) in [6.07, 6.45) is 3.11. The van der Waals surface area contributed by atoms with Gasteiger partial charge in [-0.25, -0.2) is 9.78 Å². The van der Waals surface area contributed by atoms with Gasteiger partial charge in [-0.1, -0.05) is 38.1 Å². The van der Waals surface area contributed by atoms with E-state index in [1.807, 2.05) is 0 Å². The summed E-state index contributed by atoms with van der Waals surface area (Å²) in [6.45, 7) is 10.2. The first-order valence-corrected chi connectivity index (χ1v) is 11.7. The first kappa shape index (κ1) is 22.3. The van der Waals surface area contributed by atoms with Crippen LogP contribution in [0.4, 0.5) is 16.6 Å². The summed E-state index contributed by atoms with van der Waals surface area (Å²) >= 11 is 0. The molecule has 2 aromatic heterocycles. The number of cyclic esters (lactones) is 1. The number of carbonyl (C=O) groups is 1. The molecule has 2 aliphatic rings. The lowest BCUT2D eigenvalue weighted by molar-refractivity contribution is 0.177. The molecular weight excluding hydrogens is 432 g/mol. The molecule has 1 N–H and O–H groups in total.